The van der Waals surface area contributed by atoms with Crippen LogP contribution in [0.3, 0.4) is 0 Å². The number of nitrogens with zero attached hydrogens (tertiary/aromatic N) is 2. The molecule has 0 bridgehead atoms. The fraction of sp³-hybridized carbons (Fsp3) is 0.105. The minimum absolute atomic E-state index is 0.310. The van der Waals surface area contributed by atoms with Crippen LogP contribution in [0.15, 0.2) is 46.8 Å². The Hall–Kier alpha value is -3.39. The highest BCUT2D eigenvalue weighted by Crippen LogP contribution is 2.37. The predicted molar refractivity (Wildman–Crippen MR) is 106 cm³/mol. The van der Waals surface area contributed by atoms with Crippen molar-refractivity contribution in [3.63, 3.8) is 0 Å². The zero-order valence-electron chi connectivity index (χ0n) is 14.6. The number of fused-ring (bicyclic) bond motifs is 1. The van der Waals surface area contributed by atoms with Crippen LogP contribution in [0.25, 0.3) is 32.7 Å². The fourth-order valence-corrected chi connectivity index (χ4v) is 3.71. The molecule has 0 aliphatic rings. The highest BCUT2D eigenvalue weighted by molar-refractivity contribution is 7.13. The number of hydrogen-bond donors (Lipinski definition) is 2. The molecule has 0 unspecified atom stereocenters. The number of benzene rings is 1. The summed E-state index contributed by atoms with van der Waals surface area (Å²) in [5, 5.41) is 3.25. The molecule has 3 aromatic heterocycles. The number of nitrogens with one attached hydrogen (secondary N) is 1. The molecule has 0 spiro atoms. The van der Waals surface area contributed by atoms with E-state index in [1.54, 1.807) is 31.6 Å². The van der Waals surface area contributed by atoms with E-state index in [9.17, 15) is 4.79 Å². The summed E-state index contributed by atoms with van der Waals surface area (Å²) < 4.78 is 10.6. The van der Waals surface area contributed by atoms with Gasteiger partial charge in [-0.15, -0.1) is 11.3 Å². The number of ether oxygens (including phenoxy) is 2. The molecule has 0 fully saturated rings. The van der Waals surface area contributed by atoms with E-state index in [0.717, 1.165) is 10.6 Å². The lowest BCUT2D eigenvalue weighted by atomic mass is 10.1. The van der Waals surface area contributed by atoms with Crippen molar-refractivity contribution in [1.29, 1.82) is 0 Å². The molecule has 7 nitrogen and oxygen atoms in total. The summed E-state index contributed by atoms with van der Waals surface area (Å²) in [6, 6.07) is 7.20. The van der Waals surface area contributed by atoms with Crippen LogP contribution in [0.4, 0.5) is 5.69 Å². The van der Waals surface area contributed by atoms with Crippen molar-refractivity contribution in [1.82, 2.24) is 15.0 Å². The number of thiazole rings is 1. The fourth-order valence-electron chi connectivity index (χ4n) is 2.91. The Kier molecular flexibility index (Phi) is 4.25. The van der Waals surface area contributed by atoms with E-state index in [-0.39, 0.29) is 5.56 Å². The number of aromatic nitrogens is 3. The summed E-state index contributed by atoms with van der Waals surface area (Å²) in [5.74, 6) is 1.05. The number of methoxy groups -OCH3 is 2. The average Bonchev–Trinajstić information content (AvgIpc) is 3.17. The average molecular weight is 380 g/mol. The first-order chi connectivity index (χ1) is 13.1. The quantitative estimate of drug-likeness (QED) is 0.563. The number of nitrogens with two attached hydrogens (primary N) is 1. The van der Waals surface area contributed by atoms with Crippen molar-refractivity contribution in [3.05, 3.63) is 52.4 Å². The van der Waals surface area contributed by atoms with Gasteiger partial charge in [-0.3, -0.25) is 9.78 Å². The van der Waals surface area contributed by atoms with E-state index in [1.165, 1.54) is 18.4 Å². The third kappa shape index (κ3) is 2.89. The van der Waals surface area contributed by atoms with E-state index in [2.05, 4.69) is 15.0 Å². The van der Waals surface area contributed by atoms with Gasteiger partial charge in [-0.2, -0.15) is 0 Å². The molecule has 0 saturated heterocycles. The van der Waals surface area contributed by atoms with Crippen molar-refractivity contribution in [3.8, 4) is 33.3 Å². The van der Waals surface area contributed by atoms with Gasteiger partial charge in [0.25, 0.3) is 5.56 Å². The van der Waals surface area contributed by atoms with Gasteiger partial charge in [0.2, 0.25) is 0 Å². The molecule has 3 N–H and O–H groups in total. The minimum atomic E-state index is -0.310. The van der Waals surface area contributed by atoms with E-state index in [1.807, 2.05) is 17.5 Å². The highest BCUT2D eigenvalue weighted by atomic mass is 32.1. The van der Waals surface area contributed by atoms with Crippen molar-refractivity contribution in [2.45, 2.75) is 0 Å². The van der Waals surface area contributed by atoms with Crippen LogP contribution >= 0.6 is 11.3 Å². The van der Waals surface area contributed by atoms with Crippen molar-refractivity contribution < 1.29 is 9.47 Å². The van der Waals surface area contributed by atoms with Gasteiger partial charge in [0, 0.05) is 34.8 Å². The summed E-state index contributed by atoms with van der Waals surface area (Å²) in [7, 11) is 3.09. The van der Waals surface area contributed by atoms with Crippen LogP contribution in [0.5, 0.6) is 11.5 Å². The van der Waals surface area contributed by atoms with Gasteiger partial charge in [0.15, 0.2) is 11.5 Å². The van der Waals surface area contributed by atoms with Crippen molar-refractivity contribution in [2.75, 3.05) is 20.0 Å². The Morgan fingerprint density at radius 3 is 2.67 bits per heavy atom. The summed E-state index contributed by atoms with van der Waals surface area (Å²) in [4.78, 5) is 24.2. The molecule has 0 radical (unpaired) electrons. The molecule has 136 valence electrons. The van der Waals surface area contributed by atoms with Crippen LogP contribution in [0.2, 0.25) is 0 Å². The van der Waals surface area contributed by atoms with Crippen molar-refractivity contribution >= 4 is 27.9 Å². The second-order valence-corrected chi connectivity index (χ2v) is 6.63. The van der Waals surface area contributed by atoms with E-state index in [4.69, 9.17) is 15.2 Å². The number of hydrogen-bond acceptors (Lipinski definition) is 7. The zero-order chi connectivity index (χ0) is 19.0. The molecule has 1 aromatic carbocycles. The minimum Gasteiger partial charge on any atom is -0.493 e. The first kappa shape index (κ1) is 17.0. The first-order valence-corrected chi connectivity index (χ1v) is 8.94. The van der Waals surface area contributed by atoms with Gasteiger partial charge in [-0.1, -0.05) is 0 Å². The summed E-state index contributed by atoms with van der Waals surface area (Å²) in [6.07, 6.45) is 3.43. The van der Waals surface area contributed by atoms with E-state index < -0.39 is 0 Å². The smallest absolute Gasteiger partial charge is 0.260 e. The van der Waals surface area contributed by atoms with Crippen LogP contribution < -0.4 is 20.8 Å². The topological polar surface area (TPSA) is 103 Å². The number of rotatable bonds is 4. The zero-order valence-corrected chi connectivity index (χ0v) is 15.5. The van der Waals surface area contributed by atoms with Crippen molar-refractivity contribution in [2.24, 2.45) is 0 Å². The Morgan fingerprint density at radius 2 is 1.96 bits per heavy atom. The molecule has 0 atom stereocenters. The van der Waals surface area contributed by atoms with Gasteiger partial charge in [-0.25, -0.2) is 4.98 Å². The number of H-pyrrole nitrogens is 1. The third-order valence-electron chi connectivity index (χ3n) is 4.23. The molecule has 0 aliphatic carbocycles. The maximum Gasteiger partial charge on any atom is 0.260 e. The monoisotopic (exact) mass is 380 g/mol. The lowest BCUT2D eigenvalue weighted by Gasteiger charge is -2.12. The second kappa shape index (κ2) is 6.73. The standard InChI is InChI=1S/C19H16N4O3S/c1-25-14-6-11-12(7-15(14)26-2)22-18(24)16(17(11)20)13-9-27-19(23-13)10-4-3-5-21-8-10/h3-9H,1-2H3,(H3,20,22,24). The maximum atomic E-state index is 12.7. The summed E-state index contributed by atoms with van der Waals surface area (Å²) >= 11 is 1.43. The van der Waals surface area contributed by atoms with Gasteiger partial charge in [0.05, 0.1) is 36.7 Å². The molecule has 0 amide bonds. The van der Waals surface area contributed by atoms with Gasteiger partial charge < -0.3 is 20.2 Å². The van der Waals surface area contributed by atoms with Crippen LogP contribution in [-0.2, 0) is 0 Å². The van der Waals surface area contributed by atoms with Crippen LogP contribution in [0, 0.1) is 0 Å². The van der Waals surface area contributed by atoms with E-state index in [0.29, 0.717) is 39.3 Å². The Morgan fingerprint density at radius 1 is 1.19 bits per heavy atom. The largest absolute Gasteiger partial charge is 0.493 e. The molecule has 0 saturated carbocycles. The number of nitrogen functional groups attached to an aromatic ring is 1. The predicted octanol–water partition coefficient (Wildman–Crippen LogP) is 3.31. The molecule has 4 aromatic rings. The number of anilines is 1. The number of aromatic amines is 1. The van der Waals surface area contributed by atoms with Gasteiger partial charge >= 0.3 is 0 Å². The second-order valence-electron chi connectivity index (χ2n) is 5.78. The Labute approximate surface area is 158 Å². The summed E-state index contributed by atoms with van der Waals surface area (Å²) in [6.45, 7) is 0. The molecular weight excluding hydrogens is 364 g/mol. The normalized spacial score (nSPS) is 10.9. The molecule has 0 aliphatic heterocycles. The van der Waals surface area contributed by atoms with Gasteiger partial charge in [-0.05, 0) is 18.2 Å². The SMILES string of the molecule is COc1cc2[nH]c(=O)c(-c3csc(-c4cccnc4)n3)c(N)c2cc1OC. The molecule has 27 heavy (non-hydrogen) atoms. The molecule has 8 heteroatoms. The summed E-state index contributed by atoms with van der Waals surface area (Å²) in [5.41, 5.74) is 8.70. The lowest BCUT2D eigenvalue weighted by Crippen LogP contribution is -2.13. The van der Waals surface area contributed by atoms with E-state index >= 15 is 0 Å². The van der Waals surface area contributed by atoms with Gasteiger partial charge in [0.1, 0.15) is 5.01 Å². The van der Waals surface area contributed by atoms with Crippen LogP contribution in [-0.4, -0.2) is 29.2 Å². The Balaban J connectivity index is 1.90. The molecular formula is C19H16N4O3S. The number of pyridine rings is 2. The van der Waals surface area contributed by atoms with Crippen LogP contribution in [0.1, 0.15) is 0 Å². The first-order valence-electron chi connectivity index (χ1n) is 8.06. The molecule has 3 heterocycles. The highest BCUT2D eigenvalue weighted by Gasteiger charge is 2.18. The lowest BCUT2D eigenvalue weighted by molar-refractivity contribution is 0.356. The third-order valence-corrected chi connectivity index (χ3v) is 5.12. The molecule has 4 rings (SSSR count). The maximum absolute atomic E-state index is 12.7. The Bertz CT molecular complexity index is 1190.